The molecule has 1 unspecified atom stereocenters. The first-order valence-corrected chi connectivity index (χ1v) is 8.26. The number of halogens is 1. The second-order valence-corrected chi connectivity index (χ2v) is 6.38. The summed E-state index contributed by atoms with van der Waals surface area (Å²) in [5, 5.41) is 0. The molecule has 0 N–H and O–H groups in total. The van der Waals surface area contributed by atoms with Gasteiger partial charge in [0.25, 0.3) is 0 Å². The summed E-state index contributed by atoms with van der Waals surface area (Å²) in [7, 11) is 0. The Balaban J connectivity index is 0.00000161. The molecule has 0 saturated heterocycles. The van der Waals surface area contributed by atoms with Crippen LogP contribution in [0.15, 0.2) is 24.3 Å². The van der Waals surface area contributed by atoms with Crippen LogP contribution in [0.3, 0.4) is 0 Å². The third-order valence-electron chi connectivity index (χ3n) is 5.30. The Morgan fingerprint density at radius 1 is 1.19 bits per heavy atom. The molecule has 3 rings (SSSR count). The summed E-state index contributed by atoms with van der Waals surface area (Å²) in [6, 6.07) is 8.63. The molecule has 118 valence electrons. The SMILES string of the molecule is CCN(CC)CC1CCCC[C@@]12Cc1ccccc1O2.Cl. The summed E-state index contributed by atoms with van der Waals surface area (Å²) in [5.74, 6) is 1.82. The molecule has 1 spiro atoms. The zero-order valence-corrected chi connectivity index (χ0v) is 14.1. The number of hydrogen-bond donors (Lipinski definition) is 0. The lowest BCUT2D eigenvalue weighted by atomic mass is 9.73. The standard InChI is InChI=1S/C18H27NO.ClH/c1-3-19(4-2)14-16-10-7-8-12-18(16)13-15-9-5-6-11-17(15)20-18;/h5-6,9,11,16H,3-4,7-8,10,12-14H2,1-2H3;1H/t16?,18-;/m1./s1. The van der Waals surface area contributed by atoms with E-state index in [1.54, 1.807) is 0 Å². The van der Waals surface area contributed by atoms with Crippen molar-refractivity contribution in [1.29, 1.82) is 0 Å². The molecule has 0 radical (unpaired) electrons. The fraction of sp³-hybridized carbons (Fsp3) is 0.667. The summed E-state index contributed by atoms with van der Waals surface area (Å²) in [5.41, 5.74) is 1.50. The number of para-hydroxylation sites is 1. The smallest absolute Gasteiger partial charge is 0.123 e. The van der Waals surface area contributed by atoms with Crippen LogP contribution in [0.1, 0.15) is 45.1 Å². The van der Waals surface area contributed by atoms with E-state index in [4.69, 9.17) is 4.74 Å². The monoisotopic (exact) mass is 309 g/mol. The van der Waals surface area contributed by atoms with Crippen molar-refractivity contribution in [3.05, 3.63) is 29.8 Å². The Kier molecular flexibility index (Phi) is 5.56. The highest BCUT2D eigenvalue weighted by molar-refractivity contribution is 5.85. The number of benzene rings is 1. The highest BCUT2D eigenvalue weighted by atomic mass is 35.5. The molecule has 0 aromatic heterocycles. The maximum atomic E-state index is 6.51. The minimum Gasteiger partial charge on any atom is -0.486 e. The van der Waals surface area contributed by atoms with E-state index in [0.717, 1.165) is 25.3 Å². The van der Waals surface area contributed by atoms with Crippen molar-refractivity contribution in [2.24, 2.45) is 5.92 Å². The number of rotatable bonds is 4. The Hall–Kier alpha value is -0.730. The third kappa shape index (κ3) is 3.22. The van der Waals surface area contributed by atoms with Crippen LogP contribution in [0.2, 0.25) is 0 Å². The van der Waals surface area contributed by atoms with Gasteiger partial charge in [0, 0.05) is 18.9 Å². The molecule has 1 aliphatic heterocycles. The van der Waals surface area contributed by atoms with Gasteiger partial charge in [-0.1, -0.05) is 38.5 Å². The van der Waals surface area contributed by atoms with E-state index in [-0.39, 0.29) is 18.0 Å². The van der Waals surface area contributed by atoms with Gasteiger partial charge in [-0.3, -0.25) is 0 Å². The van der Waals surface area contributed by atoms with Gasteiger partial charge in [0.1, 0.15) is 11.4 Å². The highest BCUT2D eigenvalue weighted by Gasteiger charge is 2.47. The van der Waals surface area contributed by atoms with Crippen LogP contribution in [0.25, 0.3) is 0 Å². The number of ether oxygens (including phenoxy) is 1. The normalized spacial score (nSPS) is 27.3. The molecule has 1 aromatic rings. The van der Waals surface area contributed by atoms with E-state index < -0.39 is 0 Å². The Labute approximate surface area is 135 Å². The fourth-order valence-corrected chi connectivity index (χ4v) is 4.03. The molecule has 1 heterocycles. The maximum absolute atomic E-state index is 6.51. The van der Waals surface area contributed by atoms with Crippen molar-refractivity contribution in [2.75, 3.05) is 19.6 Å². The average Bonchev–Trinajstić information content (AvgIpc) is 2.85. The van der Waals surface area contributed by atoms with Gasteiger partial charge in [0.2, 0.25) is 0 Å². The summed E-state index contributed by atoms with van der Waals surface area (Å²) >= 11 is 0. The molecular formula is C18H28ClNO. The number of hydrogen-bond acceptors (Lipinski definition) is 2. The molecule has 21 heavy (non-hydrogen) atoms. The first-order valence-electron chi connectivity index (χ1n) is 8.26. The van der Waals surface area contributed by atoms with Gasteiger partial charge in [0.05, 0.1) is 0 Å². The Morgan fingerprint density at radius 3 is 2.67 bits per heavy atom. The lowest BCUT2D eigenvalue weighted by Crippen LogP contribution is -2.49. The van der Waals surface area contributed by atoms with E-state index in [1.807, 2.05) is 0 Å². The first kappa shape index (κ1) is 16.6. The van der Waals surface area contributed by atoms with Gasteiger partial charge in [-0.25, -0.2) is 0 Å². The van der Waals surface area contributed by atoms with Crippen LogP contribution in [0.4, 0.5) is 0 Å². The van der Waals surface area contributed by atoms with Crippen LogP contribution in [0.5, 0.6) is 5.75 Å². The lowest BCUT2D eigenvalue weighted by Gasteiger charge is -2.42. The quantitative estimate of drug-likeness (QED) is 0.821. The van der Waals surface area contributed by atoms with Crippen molar-refractivity contribution < 1.29 is 4.74 Å². The van der Waals surface area contributed by atoms with E-state index in [9.17, 15) is 0 Å². The second-order valence-electron chi connectivity index (χ2n) is 6.38. The van der Waals surface area contributed by atoms with Crippen LogP contribution in [-0.2, 0) is 6.42 Å². The zero-order valence-electron chi connectivity index (χ0n) is 13.3. The Bertz CT molecular complexity index is 433. The van der Waals surface area contributed by atoms with Crippen molar-refractivity contribution in [1.82, 2.24) is 4.90 Å². The molecule has 0 bridgehead atoms. The number of nitrogens with zero attached hydrogens (tertiary/aromatic N) is 1. The summed E-state index contributed by atoms with van der Waals surface area (Å²) in [4.78, 5) is 2.56. The maximum Gasteiger partial charge on any atom is 0.123 e. The molecule has 1 saturated carbocycles. The molecule has 1 aromatic carbocycles. The Morgan fingerprint density at radius 2 is 1.95 bits per heavy atom. The van der Waals surface area contributed by atoms with E-state index in [1.165, 1.54) is 37.8 Å². The van der Waals surface area contributed by atoms with Gasteiger partial charge in [-0.05, 0) is 44.0 Å². The molecule has 2 aliphatic rings. The average molecular weight is 310 g/mol. The summed E-state index contributed by atoms with van der Waals surface area (Å²) in [6.45, 7) is 8.03. The zero-order chi connectivity index (χ0) is 14.0. The molecule has 3 heteroatoms. The summed E-state index contributed by atoms with van der Waals surface area (Å²) in [6.07, 6.45) is 6.36. The third-order valence-corrected chi connectivity index (χ3v) is 5.30. The van der Waals surface area contributed by atoms with Gasteiger partial charge in [-0.15, -0.1) is 12.4 Å². The van der Waals surface area contributed by atoms with Crippen LogP contribution in [-0.4, -0.2) is 30.1 Å². The molecular weight excluding hydrogens is 282 g/mol. The molecule has 0 amide bonds. The van der Waals surface area contributed by atoms with Crippen molar-refractivity contribution in [3.63, 3.8) is 0 Å². The van der Waals surface area contributed by atoms with E-state index in [0.29, 0.717) is 5.92 Å². The minimum absolute atomic E-state index is 0. The number of fused-ring (bicyclic) bond motifs is 1. The molecule has 2 nitrogen and oxygen atoms in total. The van der Waals surface area contributed by atoms with E-state index in [2.05, 4.69) is 43.0 Å². The van der Waals surface area contributed by atoms with Gasteiger partial charge >= 0.3 is 0 Å². The fourth-order valence-electron chi connectivity index (χ4n) is 4.03. The van der Waals surface area contributed by atoms with Crippen LogP contribution < -0.4 is 4.74 Å². The largest absolute Gasteiger partial charge is 0.486 e. The van der Waals surface area contributed by atoms with Crippen LogP contribution in [0, 0.1) is 5.92 Å². The topological polar surface area (TPSA) is 12.5 Å². The highest BCUT2D eigenvalue weighted by Crippen LogP contribution is 2.46. The van der Waals surface area contributed by atoms with Gasteiger partial charge in [0.15, 0.2) is 0 Å². The van der Waals surface area contributed by atoms with Crippen molar-refractivity contribution >= 4 is 12.4 Å². The predicted octanol–water partition coefficient (Wildman–Crippen LogP) is 4.31. The van der Waals surface area contributed by atoms with Gasteiger partial charge in [-0.2, -0.15) is 0 Å². The summed E-state index contributed by atoms with van der Waals surface area (Å²) < 4.78 is 6.51. The second kappa shape index (κ2) is 7.02. The van der Waals surface area contributed by atoms with Crippen molar-refractivity contribution in [3.8, 4) is 5.75 Å². The first-order chi connectivity index (χ1) is 9.77. The lowest BCUT2D eigenvalue weighted by molar-refractivity contribution is -0.0192. The predicted molar refractivity (Wildman–Crippen MR) is 90.5 cm³/mol. The molecule has 2 atom stereocenters. The van der Waals surface area contributed by atoms with Gasteiger partial charge < -0.3 is 9.64 Å². The van der Waals surface area contributed by atoms with Crippen LogP contribution >= 0.6 is 12.4 Å². The van der Waals surface area contributed by atoms with Crippen molar-refractivity contribution in [2.45, 2.75) is 51.6 Å². The molecule has 1 aliphatic carbocycles. The van der Waals surface area contributed by atoms with E-state index >= 15 is 0 Å². The molecule has 1 fully saturated rings. The minimum atomic E-state index is 0.